The van der Waals surface area contributed by atoms with Gasteiger partial charge in [-0.2, -0.15) is 0 Å². The van der Waals surface area contributed by atoms with Crippen LogP contribution >= 0.6 is 11.6 Å². The van der Waals surface area contributed by atoms with E-state index in [2.05, 4.69) is 10.2 Å². The lowest BCUT2D eigenvalue weighted by molar-refractivity contribution is -0.113. The number of nitrogens with one attached hydrogen (secondary N) is 1. The maximum absolute atomic E-state index is 11.0. The van der Waals surface area contributed by atoms with Crippen LogP contribution in [0.2, 0.25) is 0 Å². The van der Waals surface area contributed by atoms with Gasteiger partial charge in [-0.15, -0.1) is 11.6 Å². The summed E-state index contributed by atoms with van der Waals surface area (Å²) in [4.78, 5) is 13.1. The van der Waals surface area contributed by atoms with Gasteiger partial charge in [0, 0.05) is 12.2 Å². The Morgan fingerprint density at radius 1 is 1.35 bits per heavy atom. The van der Waals surface area contributed by atoms with Crippen LogP contribution in [-0.2, 0) is 4.79 Å². The summed E-state index contributed by atoms with van der Waals surface area (Å²) in [6, 6.07) is 7.21. The minimum Gasteiger partial charge on any atom is -0.492 e. The average molecular weight is 257 g/mol. The molecule has 1 amide bonds. The molecule has 0 saturated carbocycles. The Morgan fingerprint density at radius 3 is 2.53 bits per heavy atom. The number of ether oxygens (including phenoxy) is 1. The Hall–Kier alpha value is -1.26. The van der Waals surface area contributed by atoms with E-state index in [1.807, 2.05) is 26.2 Å². The van der Waals surface area contributed by atoms with E-state index in [4.69, 9.17) is 16.3 Å². The monoisotopic (exact) mass is 256 g/mol. The van der Waals surface area contributed by atoms with Gasteiger partial charge in [0.15, 0.2) is 0 Å². The molecule has 0 fully saturated rings. The summed E-state index contributed by atoms with van der Waals surface area (Å²) < 4.78 is 5.52. The predicted molar refractivity (Wildman–Crippen MR) is 69.8 cm³/mol. The number of nitrogens with zero attached hydrogens (tertiary/aromatic N) is 1. The van der Waals surface area contributed by atoms with Gasteiger partial charge >= 0.3 is 0 Å². The molecular weight excluding hydrogens is 240 g/mol. The maximum Gasteiger partial charge on any atom is 0.239 e. The quantitative estimate of drug-likeness (QED) is 0.790. The average Bonchev–Trinajstić information content (AvgIpc) is 2.31. The molecule has 5 heteroatoms. The third-order valence-electron chi connectivity index (χ3n) is 2.07. The van der Waals surface area contributed by atoms with Crippen LogP contribution < -0.4 is 10.1 Å². The third kappa shape index (κ3) is 5.56. The Kier molecular flexibility index (Phi) is 5.80. The van der Waals surface area contributed by atoms with Crippen LogP contribution in [0.25, 0.3) is 0 Å². The molecule has 1 N–H and O–H groups in total. The largest absolute Gasteiger partial charge is 0.492 e. The van der Waals surface area contributed by atoms with E-state index in [-0.39, 0.29) is 11.8 Å². The van der Waals surface area contributed by atoms with Crippen molar-refractivity contribution < 1.29 is 9.53 Å². The molecule has 1 aromatic rings. The maximum atomic E-state index is 11.0. The van der Waals surface area contributed by atoms with Crippen molar-refractivity contribution in [1.29, 1.82) is 0 Å². The molecule has 0 radical (unpaired) electrons. The molecule has 94 valence electrons. The van der Waals surface area contributed by atoms with Crippen molar-refractivity contribution in [3.63, 3.8) is 0 Å². The van der Waals surface area contributed by atoms with Crippen LogP contribution in [-0.4, -0.2) is 43.9 Å². The molecule has 0 aliphatic rings. The summed E-state index contributed by atoms with van der Waals surface area (Å²) >= 11 is 5.39. The van der Waals surface area contributed by atoms with Crippen LogP contribution in [0.5, 0.6) is 5.75 Å². The van der Waals surface area contributed by atoms with Crippen LogP contribution in [0, 0.1) is 0 Å². The molecule has 0 saturated heterocycles. The second-order valence-electron chi connectivity index (χ2n) is 3.86. The zero-order valence-corrected chi connectivity index (χ0v) is 10.8. The first kappa shape index (κ1) is 13.8. The SMILES string of the molecule is CN(C)CCOc1ccc(NC(=O)CCl)cc1. The van der Waals surface area contributed by atoms with Crippen LogP contribution in [0.3, 0.4) is 0 Å². The minimum absolute atomic E-state index is 0.0406. The first-order valence-electron chi connectivity index (χ1n) is 5.35. The number of likely N-dealkylation sites (N-methyl/N-ethyl adjacent to an activating group) is 1. The van der Waals surface area contributed by atoms with E-state index in [0.717, 1.165) is 18.0 Å². The zero-order valence-electron chi connectivity index (χ0n) is 10.1. The number of benzene rings is 1. The highest BCUT2D eigenvalue weighted by Crippen LogP contribution is 2.15. The van der Waals surface area contributed by atoms with Gasteiger partial charge in [-0.3, -0.25) is 4.79 Å². The lowest BCUT2D eigenvalue weighted by atomic mass is 10.3. The number of halogens is 1. The summed E-state index contributed by atoms with van der Waals surface area (Å²) in [5.41, 5.74) is 0.718. The van der Waals surface area contributed by atoms with E-state index >= 15 is 0 Å². The minimum atomic E-state index is -0.215. The molecule has 0 unspecified atom stereocenters. The van der Waals surface area contributed by atoms with Crippen molar-refractivity contribution in [3.8, 4) is 5.75 Å². The molecule has 0 aliphatic carbocycles. The van der Waals surface area contributed by atoms with Crippen LogP contribution in [0.15, 0.2) is 24.3 Å². The second kappa shape index (κ2) is 7.14. The lowest BCUT2D eigenvalue weighted by Crippen LogP contribution is -2.19. The number of carbonyl (C=O) groups is 1. The summed E-state index contributed by atoms with van der Waals surface area (Å²) in [6.45, 7) is 1.51. The molecule has 4 nitrogen and oxygen atoms in total. The lowest BCUT2D eigenvalue weighted by Gasteiger charge is -2.11. The molecule has 0 spiro atoms. The van der Waals surface area contributed by atoms with Crippen molar-refractivity contribution in [3.05, 3.63) is 24.3 Å². The van der Waals surface area contributed by atoms with Gasteiger partial charge in [0.2, 0.25) is 5.91 Å². The molecule has 0 heterocycles. The molecule has 0 aromatic heterocycles. The second-order valence-corrected chi connectivity index (χ2v) is 4.13. The highest BCUT2D eigenvalue weighted by molar-refractivity contribution is 6.29. The number of rotatable bonds is 6. The van der Waals surface area contributed by atoms with Crippen molar-refractivity contribution >= 4 is 23.2 Å². The van der Waals surface area contributed by atoms with Gasteiger partial charge in [-0.25, -0.2) is 0 Å². The predicted octanol–water partition coefficient (Wildman–Crippen LogP) is 1.80. The molecule has 0 aliphatic heterocycles. The van der Waals surface area contributed by atoms with Crippen LogP contribution in [0.4, 0.5) is 5.69 Å². The van der Waals surface area contributed by atoms with E-state index < -0.39 is 0 Å². The standard InChI is InChI=1S/C12H17ClN2O2/c1-15(2)7-8-17-11-5-3-10(4-6-11)14-12(16)9-13/h3-6H,7-9H2,1-2H3,(H,14,16). The highest BCUT2D eigenvalue weighted by atomic mass is 35.5. The molecule has 0 bridgehead atoms. The summed E-state index contributed by atoms with van der Waals surface area (Å²) in [7, 11) is 3.99. The highest BCUT2D eigenvalue weighted by Gasteiger charge is 2.00. The van der Waals surface area contributed by atoms with E-state index in [1.54, 1.807) is 12.1 Å². The first-order valence-corrected chi connectivity index (χ1v) is 5.88. The molecule has 1 aromatic carbocycles. The fraction of sp³-hybridized carbons (Fsp3) is 0.417. The Morgan fingerprint density at radius 2 is 2.00 bits per heavy atom. The number of hydrogen-bond acceptors (Lipinski definition) is 3. The van der Waals surface area contributed by atoms with Gasteiger partial charge in [0.05, 0.1) is 0 Å². The summed E-state index contributed by atoms with van der Waals surface area (Å²) in [6.07, 6.45) is 0. The van der Waals surface area contributed by atoms with Gasteiger partial charge in [0.1, 0.15) is 18.2 Å². The Balaban J connectivity index is 2.42. The van der Waals surface area contributed by atoms with Crippen molar-refractivity contribution in [2.45, 2.75) is 0 Å². The number of hydrogen-bond donors (Lipinski definition) is 1. The summed E-state index contributed by atoms with van der Waals surface area (Å²) in [5, 5.41) is 2.66. The first-order chi connectivity index (χ1) is 8.11. The third-order valence-corrected chi connectivity index (χ3v) is 2.31. The molecule has 17 heavy (non-hydrogen) atoms. The Labute approximate surface area is 107 Å². The van der Waals surface area contributed by atoms with E-state index in [1.165, 1.54) is 0 Å². The summed E-state index contributed by atoms with van der Waals surface area (Å²) in [5.74, 6) is 0.532. The molecule has 0 atom stereocenters. The van der Waals surface area contributed by atoms with Gasteiger partial charge in [0.25, 0.3) is 0 Å². The topological polar surface area (TPSA) is 41.6 Å². The fourth-order valence-corrected chi connectivity index (χ4v) is 1.24. The fourth-order valence-electron chi connectivity index (χ4n) is 1.17. The van der Waals surface area contributed by atoms with Crippen molar-refractivity contribution in [2.24, 2.45) is 0 Å². The number of amides is 1. The normalized spacial score (nSPS) is 10.4. The van der Waals surface area contributed by atoms with E-state index in [0.29, 0.717) is 6.61 Å². The molecule has 1 rings (SSSR count). The number of carbonyl (C=O) groups excluding carboxylic acids is 1. The van der Waals surface area contributed by atoms with Gasteiger partial charge in [-0.1, -0.05) is 0 Å². The van der Waals surface area contributed by atoms with Gasteiger partial charge < -0.3 is 15.0 Å². The number of alkyl halides is 1. The van der Waals surface area contributed by atoms with E-state index in [9.17, 15) is 4.79 Å². The van der Waals surface area contributed by atoms with Crippen molar-refractivity contribution in [2.75, 3.05) is 38.4 Å². The van der Waals surface area contributed by atoms with Crippen molar-refractivity contribution in [1.82, 2.24) is 4.90 Å². The number of anilines is 1. The smallest absolute Gasteiger partial charge is 0.239 e. The molecular formula is C12H17ClN2O2. The van der Waals surface area contributed by atoms with Gasteiger partial charge in [-0.05, 0) is 38.4 Å². The Bertz CT molecular complexity index is 352. The zero-order chi connectivity index (χ0) is 12.7. The van der Waals surface area contributed by atoms with Crippen LogP contribution in [0.1, 0.15) is 0 Å².